The monoisotopic (exact) mass is 282 g/mol. The van der Waals surface area contributed by atoms with Crippen molar-refractivity contribution in [2.24, 2.45) is 0 Å². The first-order valence-electron chi connectivity index (χ1n) is 5.73. The van der Waals surface area contributed by atoms with Crippen molar-refractivity contribution < 1.29 is 0 Å². The smallest absolute Gasteiger partial charge is 0.138 e. The summed E-state index contributed by atoms with van der Waals surface area (Å²) in [7, 11) is 0. The molecule has 0 aliphatic heterocycles. The van der Waals surface area contributed by atoms with Gasteiger partial charge < -0.3 is 5.32 Å². The maximum absolute atomic E-state index is 6.11. The van der Waals surface area contributed by atoms with Crippen LogP contribution < -0.4 is 5.32 Å². The predicted octanol–water partition coefficient (Wildman–Crippen LogP) is 3.63. The fourth-order valence-corrected chi connectivity index (χ4v) is 2.65. The number of anilines is 1. The van der Waals surface area contributed by atoms with Gasteiger partial charge in [0, 0.05) is 10.9 Å². The number of nitrogens with zero attached hydrogens (tertiary/aromatic N) is 3. The van der Waals surface area contributed by atoms with Crippen molar-refractivity contribution in [3.05, 3.63) is 33.1 Å². The molecule has 0 bridgehead atoms. The molecule has 2 heterocycles. The first-order chi connectivity index (χ1) is 8.58. The Morgan fingerprint density at radius 3 is 2.78 bits per heavy atom. The third-order valence-corrected chi connectivity index (χ3v) is 3.64. The molecule has 0 saturated heterocycles. The lowest BCUT2D eigenvalue weighted by Gasteiger charge is -2.13. The van der Waals surface area contributed by atoms with E-state index in [1.54, 1.807) is 11.3 Å². The highest BCUT2D eigenvalue weighted by Gasteiger charge is 2.13. The van der Waals surface area contributed by atoms with E-state index in [0.717, 1.165) is 22.1 Å². The second kappa shape index (κ2) is 5.63. The molecule has 0 amide bonds. The van der Waals surface area contributed by atoms with Gasteiger partial charge in [-0.3, -0.25) is 0 Å². The zero-order valence-corrected chi connectivity index (χ0v) is 12.1. The summed E-state index contributed by atoms with van der Waals surface area (Å²) in [4.78, 5) is 12.7. The van der Waals surface area contributed by atoms with Gasteiger partial charge in [-0.05, 0) is 12.8 Å². The van der Waals surface area contributed by atoms with Crippen LogP contribution in [0.1, 0.15) is 36.0 Å². The zero-order chi connectivity index (χ0) is 13.1. The van der Waals surface area contributed by atoms with E-state index in [0.29, 0.717) is 11.7 Å². The van der Waals surface area contributed by atoms with Crippen LogP contribution in [0.2, 0.25) is 5.15 Å². The molecule has 0 spiro atoms. The van der Waals surface area contributed by atoms with Gasteiger partial charge in [0.15, 0.2) is 0 Å². The molecule has 4 nitrogen and oxygen atoms in total. The molecule has 2 aromatic rings. The molecule has 0 atom stereocenters. The zero-order valence-electron chi connectivity index (χ0n) is 10.6. The number of rotatable bonds is 4. The topological polar surface area (TPSA) is 50.7 Å². The summed E-state index contributed by atoms with van der Waals surface area (Å²) in [6, 6.07) is 0. The average molecular weight is 283 g/mol. The Bertz CT molecular complexity index is 539. The number of thiazole rings is 1. The van der Waals surface area contributed by atoms with E-state index in [1.165, 1.54) is 6.33 Å². The van der Waals surface area contributed by atoms with Gasteiger partial charge >= 0.3 is 0 Å². The van der Waals surface area contributed by atoms with E-state index in [1.807, 2.05) is 12.3 Å². The van der Waals surface area contributed by atoms with Gasteiger partial charge in [-0.25, -0.2) is 15.0 Å². The Kier molecular flexibility index (Phi) is 4.14. The van der Waals surface area contributed by atoms with Crippen LogP contribution in [0.4, 0.5) is 5.82 Å². The summed E-state index contributed by atoms with van der Waals surface area (Å²) < 4.78 is 0. The lowest BCUT2D eigenvalue weighted by molar-refractivity contribution is 0.843. The van der Waals surface area contributed by atoms with Gasteiger partial charge in [0.2, 0.25) is 0 Å². The van der Waals surface area contributed by atoms with Crippen molar-refractivity contribution in [1.82, 2.24) is 15.0 Å². The molecular weight excluding hydrogens is 268 g/mol. The molecule has 2 aromatic heterocycles. The van der Waals surface area contributed by atoms with Gasteiger partial charge in [-0.15, -0.1) is 11.3 Å². The Morgan fingerprint density at radius 2 is 2.17 bits per heavy atom. The third-order valence-electron chi connectivity index (χ3n) is 2.52. The van der Waals surface area contributed by atoms with Crippen LogP contribution in [-0.4, -0.2) is 15.0 Å². The van der Waals surface area contributed by atoms with E-state index >= 15 is 0 Å². The third kappa shape index (κ3) is 2.97. The van der Waals surface area contributed by atoms with Crippen molar-refractivity contribution in [1.29, 1.82) is 0 Å². The molecule has 0 saturated carbocycles. The molecule has 18 heavy (non-hydrogen) atoms. The minimum absolute atomic E-state index is 0.276. The molecule has 0 aliphatic rings. The van der Waals surface area contributed by atoms with Crippen LogP contribution in [0.25, 0.3) is 0 Å². The molecular formula is C12H15ClN4S. The summed E-state index contributed by atoms with van der Waals surface area (Å²) in [5, 5.41) is 6.89. The second-order valence-corrected chi connectivity index (χ2v) is 5.71. The summed E-state index contributed by atoms with van der Waals surface area (Å²) in [6.45, 7) is 6.79. The first-order valence-corrected chi connectivity index (χ1v) is 6.99. The maximum Gasteiger partial charge on any atom is 0.138 e. The number of aromatic nitrogens is 3. The lowest BCUT2D eigenvalue weighted by atomic mass is 10.1. The lowest BCUT2D eigenvalue weighted by Crippen LogP contribution is -2.07. The van der Waals surface area contributed by atoms with Gasteiger partial charge in [0.05, 0.1) is 17.2 Å². The normalized spacial score (nSPS) is 10.9. The van der Waals surface area contributed by atoms with Gasteiger partial charge in [-0.1, -0.05) is 25.4 Å². The fraction of sp³-hybridized carbons (Fsp3) is 0.417. The van der Waals surface area contributed by atoms with Gasteiger partial charge in [0.25, 0.3) is 0 Å². The van der Waals surface area contributed by atoms with E-state index in [4.69, 9.17) is 11.6 Å². The van der Waals surface area contributed by atoms with Crippen molar-refractivity contribution in [2.45, 2.75) is 33.2 Å². The molecule has 0 aromatic carbocycles. The summed E-state index contributed by atoms with van der Waals surface area (Å²) in [6.07, 6.45) is 1.48. The summed E-state index contributed by atoms with van der Waals surface area (Å²) >= 11 is 7.75. The number of hydrogen-bond donors (Lipinski definition) is 1. The Hall–Kier alpha value is -1.20. The standard InChI is InChI=1S/C12H15ClN4S/c1-7(2)10-11(13)15-6-16-12(10)14-4-9-5-18-8(3)17-9/h5-7H,4H2,1-3H3,(H,14,15,16). The molecule has 6 heteroatoms. The average Bonchev–Trinajstić information content (AvgIpc) is 2.72. The second-order valence-electron chi connectivity index (χ2n) is 4.29. The molecule has 0 fully saturated rings. The van der Waals surface area contributed by atoms with E-state index in [9.17, 15) is 0 Å². The number of halogens is 1. The first kappa shape index (κ1) is 13.2. The maximum atomic E-state index is 6.11. The largest absolute Gasteiger partial charge is 0.364 e. The predicted molar refractivity (Wildman–Crippen MR) is 75.3 cm³/mol. The fourth-order valence-electron chi connectivity index (χ4n) is 1.69. The minimum atomic E-state index is 0.276. The van der Waals surface area contributed by atoms with Crippen molar-refractivity contribution in [3.8, 4) is 0 Å². The van der Waals surface area contributed by atoms with Gasteiger partial charge in [0.1, 0.15) is 17.3 Å². The van der Waals surface area contributed by atoms with E-state index in [2.05, 4.69) is 34.1 Å². The molecule has 2 rings (SSSR count). The molecule has 0 unspecified atom stereocenters. The van der Waals surface area contributed by atoms with Crippen LogP contribution >= 0.6 is 22.9 Å². The van der Waals surface area contributed by atoms with Gasteiger partial charge in [-0.2, -0.15) is 0 Å². The quantitative estimate of drug-likeness (QED) is 0.870. The number of nitrogens with one attached hydrogen (secondary N) is 1. The van der Waals surface area contributed by atoms with Crippen molar-refractivity contribution >= 4 is 28.8 Å². The van der Waals surface area contributed by atoms with Crippen LogP contribution in [-0.2, 0) is 6.54 Å². The highest BCUT2D eigenvalue weighted by Crippen LogP contribution is 2.28. The summed E-state index contributed by atoms with van der Waals surface area (Å²) in [5.41, 5.74) is 1.97. The summed E-state index contributed by atoms with van der Waals surface area (Å²) in [5.74, 6) is 1.06. The Morgan fingerprint density at radius 1 is 1.39 bits per heavy atom. The number of hydrogen-bond acceptors (Lipinski definition) is 5. The van der Waals surface area contributed by atoms with Crippen LogP contribution in [0, 0.1) is 6.92 Å². The molecule has 0 aliphatic carbocycles. The molecule has 96 valence electrons. The van der Waals surface area contributed by atoms with Crippen molar-refractivity contribution in [2.75, 3.05) is 5.32 Å². The molecule has 1 N–H and O–H groups in total. The SMILES string of the molecule is Cc1nc(CNc2ncnc(Cl)c2C(C)C)cs1. The highest BCUT2D eigenvalue weighted by molar-refractivity contribution is 7.09. The Labute approximate surface area is 115 Å². The van der Waals surface area contributed by atoms with Crippen molar-refractivity contribution in [3.63, 3.8) is 0 Å². The Balaban J connectivity index is 2.16. The minimum Gasteiger partial charge on any atom is -0.364 e. The van der Waals surface area contributed by atoms with Crippen LogP contribution in [0.5, 0.6) is 0 Å². The van der Waals surface area contributed by atoms with Crippen LogP contribution in [0.15, 0.2) is 11.7 Å². The molecule has 0 radical (unpaired) electrons. The van der Waals surface area contributed by atoms with E-state index in [-0.39, 0.29) is 5.92 Å². The number of aryl methyl sites for hydroxylation is 1. The van der Waals surface area contributed by atoms with E-state index < -0.39 is 0 Å². The van der Waals surface area contributed by atoms with Crippen LogP contribution in [0.3, 0.4) is 0 Å². The highest BCUT2D eigenvalue weighted by atomic mass is 35.5.